The second-order valence-electron chi connectivity index (χ2n) is 3.17. The normalized spacial score (nSPS) is 10.6. The molecule has 0 aliphatic carbocycles. The van der Waals surface area contributed by atoms with Crippen LogP contribution in [-0.2, 0) is 0 Å². The van der Waals surface area contributed by atoms with Crippen molar-refractivity contribution in [3.63, 3.8) is 0 Å². The van der Waals surface area contributed by atoms with Crippen LogP contribution in [0.5, 0.6) is 0 Å². The summed E-state index contributed by atoms with van der Waals surface area (Å²) in [6, 6.07) is 1.22. The van der Waals surface area contributed by atoms with Crippen LogP contribution in [-0.4, -0.2) is 21.8 Å². The Labute approximate surface area is 86.9 Å². The van der Waals surface area contributed by atoms with Crippen molar-refractivity contribution >= 4 is 17.5 Å². The van der Waals surface area contributed by atoms with Gasteiger partial charge in [-0.1, -0.05) is 13.8 Å². The highest BCUT2D eigenvalue weighted by atomic mass is 32.2. The third-order valence-corrected chi connectivity index (χ3v) is 2.67. The third-order valence-electron chi connectivity index (χ3n) is 1.57. The second-order valence-corrected chi connectivity index (χ2v) is 4.74. The zero-order valence-electron chi connectivity index (χ0n) is 8.16. The average molecular weight is 213 g/mol. The first-order valence-electron chi connectivity index (χ1n) is 4.35. The number of halogens is 1. The van der Waals surface area contributed by atoms with Crippen LogP contribution >= 0.6 is 11.8 Å². The van der Waals surface area contributed by atoms with Gasteiger partial charge in [-0.05, 0) is 11.3 Å². The van der Waals surface area contributed by atoms with Crippen LogP contribution in [0.15, 0.2) is 18.5 Å². The van der Waals surface area contributed by atoms with E-state index < -0.39 is 5.82 Å². The van der Waals surface area contributed by atoms with Gasteiger partial charge < -0.3 is 0 Å². The van der Waals surface area contributed by atoms with Crippen molar-refractivity contribution in [1.82, 2.24) is 4.98 Å². The van der Waals surface area contributed by atoms with Gasteiger partial charge in [0.15, 0.2) is 5.78 Å². The zero-order valence-corrected chi connectivity index (χ0v) is 8.97. The molecule has 0 aromatic carbocycles. The van der Waals surface area contributed by atoms with E-state index in [4.69, 9.17) is 0 Å². The molecule has 14 heavy (non-hydrogen) atoms. The Morgan fingerprint density at radius 3 is 2.86 bits per heavy atom. The smallest absolute Gasteiger partial charge is 0.174 e. The van der Waals surface area contributed by atoms with E-state index in [9.17, 15) is 9.18 Å². The number of pyridine rings is 1. The Morgan fingerprint density at radius 2 is 2.29 bits per heavy atom. The molecular weight excluding hydrogens is 201 g/mol. The molecule has 0 saturated heterocycles. The van der Waals surface area contributed by atoms with Gasteiger partial charge in [-0.2, -0.15) is 11.8 Å². The number of nitrogens with zero attached hydrogens (tertiary/aromatic N) is 1. The molecule has 0 unspecified atom stereocenters. The number of aromatic nitrogens is 1. The summed E-state index contributed by atoms with van der Waals surface area (Å²) >= 11 is 1.54. The first-order chi connectivity index (χ1) is 6.59. The highest BCUT2D eigenvalue weighted by molar-refractivity contribution is 8.00. The summed E-state index contributed by atoms with van der Waals surface area (Å²) in [7, 11) is 0. The minimum Gasteiger partial charge on any atom is -0.293 e. The van der Waals surface area contributed by atoms with E-state index in [1.54, 1.807) is 11.8 Å². The van der Waals surface area contributed by atoms with Gasteiger partial charge in [0.05, 0.1) is 11.9 Å². The molecule has 0 bridgehead atoms. The van der Waals surface area contributed by atoms with Gasteiger partial charge in [0.1, 0.15) is 5.82 Å². The predicted octanol–water partition coefficient (Wildman–Crippen LogP) is 2.55. The van der Waals surface area contributed by atoms with Crippen molar-refractivity contribution in [1.29, 1.82) is 0 Å². The van der Waals surface area contributed by atoms with Crippen LogP contribution < -0.4 is 0 Å². The summed E-state index contributed by atoms with van der Waals surface area (Å²) in [4.78, 5) is 15.1. The minimum atomic E-state index is -0.467. The maximum absolute atomic E-state index is 12.7. The molecule has 0 saturated carbocycles. The molecule has 0 aliphatic rings. The number of rotatable bonds is 4. The van der Waals surface area contributed by atoms with Gasteiger partial charge in [-0.15, -0.1) is 0 Å². The van der Waals surface area contributed by atoms with Crippen molar-refractivity contribution in [3.8, 4) is 0 Å². The lowest BCUT2D eigenvalue weighted by atomic mass is 10.2. The quantitative estimate of drug-likeness (QED) is 0.720. The summed E-state index contributed by atoms with van der Waals surface area (Å²) in [5, 5.41) is 0.403. The molecule has 0 atom stereocenters. The summed E-state index contributed by atoms with van der Waals surface area (Å²) in [6.07, 6.45) is 2.48. The Kier molecular flexibility index (Phi) is 4.07. The number of ketones is 1. The van der Waals surface area contributed by atoms with E-state index in [0.717, 1.165) is 6.20 Å². The molecule has 0 radical (unpaired) electrons. The molecule has 1 aromatic rings. The Bertz CT molecular complexity index is 328. The minimum absolute atomic E-state index is 0.0734. The van der Waals surface area contributed by atoms with E-state index in [1.165, 1.54) is 12.3 Å². The van der Waals surface area contributed by atoms with Gasteiger partial charge in [-0.3, -0.25) is 9.78 Å². The Balaban J connectivity index is 2.61. The highest BCUT2D eigenvalue weighted by Crippen LogP contribution is 2.12. The number of thioether (sulfide) groups is 1. The molecule has 0 N–H and O–H groups in total. The molecule has 0 amide bonds. The van der Waals surface area contributed by atoms with E-state index >= 15 is 0 Å². The van der Waals surface area contributed by atoms with Crippen LogP contribution in [0.1, 0.15) is 24.2 Å². The molecule has 0 spiro atoms. The molecule has 1 heterocycles. The van der Waals surface area contributed by atoms with Crippen molar-refractivity contribution in [2.24, 2.45) is 0 Å². The van der Waals surface area contributed by atoms with Crippen LogP contribution in [0.2, 0.25) is 0 Å². The second kappa shape index (κ2) is 5.10. The maximum Gasteiger partial charge on any atom is 0.174 e. The Hall–Kier alpha value is -0.900. The molecule has 4 heteroatoms. The third kappa shape index (κ3) is 3.46. The van der Waals surface area contributed by atoms with Gasteiger partial charge in [0.25, 0.3) is 0 Å². The summed E-state index contributed by atoms with van der Waals surface area (Å²) in [6.45, 7) is 4.03. The van der Waals surface area contributed by atoms with E-state index in [2.05, 4.69) is 4.98 Å². The van der Waals surface area contributed by atoms with Crippen LogP contribution in [0.4, 0.5) is 4.39 Å². The molecule has 2 nitrogen and oxygen atoms in total. The SMILES string of the molecule is CC(C)SCC(=O)c1cncc(F)c1. The monoisotopic (exact) mass is 213 g/mol. The van der Waals surface area contributed by atoms with Crippen molar-refractivity contribution in [2.45, 2.75) is 19.1 Å². The zero-order chi connectivity index (χ0) is 10.6. The van der Waals surface area contributed by atoms with Gasteiger partial charge >= 0.3 is 0 Å². The molecule has 1 rings (SSSR count). The van der Waals surface area contributed by atoms with Gasteiger partial charge in [-0.25, -0.2) is 4.39 Å². The fraction of sp³-hybridized carbons (Fsp3) is 0.400. The van der Waals surface area contributed by atoms with Crippen LogP contribution in [0, 0.1) is 5.82 Å². The summed E-state index contributed by atoms with van der Waals surface area (Å²) in [5.74, 6) is -0.163. The number of carbonyl (C=O) groups is 1. The first-order valence-corrected chi connectivity index (χ1v) is 5.40. The molecule has 1 aromatic heterocycles. The molecular formula is C10H12FNOS. The first kappa shape index (κ1) is 11.2. The number of hydrogen-bond donors (Lipinski definition) is 0. The maximum atomic E-state index is 12.7. The van der Waals surface area contributed by atoms with Crippen molar-refractivity contribution < 1.29 is 9.18 Å². The van der Waals surface area contributed by atoms with E-state index in [-0.39, 0.29) is 5.78 Å². The van der Waals surface area contributed by atoms with Gasteiger partial charge in [0, 0.05) is 11.8 Å². The number of hydrogen-bond acceptors (Lipinski definition) is 3. The topological polar surface area (TPSA) is 30.0 Å². The van der Waals surface area contributed by atoms with E-state index in [1.807, 2.05) is 13.8 Å². The van der Waals surface area contributed by atoms with E-state index in [0.29, 0.717) is 16.6 Å². The lowest BCUT2D eigenvalue weighted by molar-refractivity contribution is 0.102. The largest absolute Gasteiger partial charge is 0.293 e. The van der Waals surface area contributed by atoms with Crippen molar-refractivity contribution in [2.75, 3.05) is 5.75 Å². The number of carbonyl (C=O) groups excluding carboxylic acids is 1. The highest BCUT2D eigenvalue weighted by Gasteiger charge is 2.08. The molecule has 0 aliphatic heterocycles. The number of Topliss-reactive ketones (excluding diaryl/α,β-unsaturated/α-hetero) is 1. The predicted molar refractivity (Wildman–Crippen MR) is 56.1 cm³/mol. The summed E-state index contributed by atoms with van der Waals surface area (Å²) in [5.41, 5.74) is 0.346. The fourth-order valence-corrected chi connectivity index (χ4v) is 1.54. The lowest BCUT2D eigenvalue weighted by Crippen LogP contribution is -2.05. The van der Waals surface area contributed by atoms with Crippen LogP contribution in [0.3, 0.4) is 0 Å². The fourth-order valence-electron chi connectivity index (χ4n) is 0.890. The lowest BCUT2D eigenvalue weighted by Gasteiger charge is -2.03. The Morgan fingerprint density at radius 1 is 1.57 bits per heavy atom. The van der Waals surface area contributed by atoms with Gasteiger partial charge in [0.2, 0.25) is 0 Å². The average Bonchev–Trinajstić information content (AvgIpc) is 2.14. The standard InChI is InChI=1S/C10H12FNOS/c1-7(2)14-6-10(13)8-3-9(11)5-12-4-8/h3-5,7H,6H2,1-2H3. The molecule has 0 fully saturated rings. The summed E-state index contributed by atoms with van der Waals surface area (Å²) < 4.78 is 12.7. The van der Waals surface area contributed by atoms with Crippen LogP contribution in [0.25, 0.3) is 0 Å². The molecule has 76 valence electrons. The van der Waals surface area contributed by atoms with Crippen molar-refractivity contribution in [3.05, 3.63) is 29.8 Å².